The van der Waals surface area contributed by atoms with Gasteiger partial charge >= 0.3 is 0 Å². The molecule has 0 aliphatic heterocycles. The maximum absolute atomic E-state index is 5.69. The predicted molar refractivity (Wildman–Crippen MR) is 70.6 cm³/mol. The molecule has 2 rings (SSSR count). The van der Waals surface area contributed by atoms with E-state index < -0.39 is 0 Å². The predicted octanol–water partition coefficient (Wildman–Crippen LogP) is 2.70. The van der Waals surface area contributed by atoms with Crippen molar-refractivity contribution >= 4 is 11.3 Å². The molecule has 1 aromatic heterocycles. The summed E-state index contributed by atoms with van der Waals surface area (Å²) in [4.78, 5) is 4.04. The molecular formula is C13H22N2S. The maximum Gasteiger partial charge on any atom is 0.0328 e. The molecule has 3 heteroatoms. The summed E-state index contributed by atoms with van der Waals surface area (Å²) in [6, 6.07) is 4.37. The summed E-state index contributed by atoms with van der Waals surface area (Å²) in [6.07, 6.45) is 3.96. The van der Waals surface area contributed by atoms with Crippen LogP contribution < -0.4 is 5.73 Å². The Morgan fingerprint density at radius 2 is 2.31 bits per heavy atom. The van der Waals surface area contributed by atoms with E-state index in [1.54, 1.807) is 0 Å². The number of hydrogen-bond acceptors (Lipinski definition) is 3. The standard InChI is InChI=1S/C13H22N2S/c1-2-15(10-12-4-3-9-16-12)11-13(5-6-13)7-8-14/h3-4,9H,2,5-8,10-11,14H2,1H3. The van der Waals surface area contributed by atoms with Crippen molar-refractivity contribution in [3.8, 4) is 0 Å². The van der Waals surface area contributed by atoms with Crippen LogP contribution in [0.5, 0.6) is 0 Å². The lowest BCUT2D eigenvalue weighted by Crippen LogP contribution is -2.30. The molecule has 0 bridgehead atoms. The summed E-state index contributed by atoms with van der Waals surface area (Å²) in [5, 5.41) is 2.16. The molecule has 0 amide bonds. The Morgan fingerprint density at radius 1 is 1.50 bits per heavy atom. The zero-order valence-corrected chi connectivity index (χ0v) is 10.9. The van der Waals surface area contributed by atoms with E-state index in [4.69, 9.17) is 5.73 Å². The Labute approximate surface area is 102 Å². The highest BCUT2D eigenvalue weighted by Crippen LogP contribution is 2.49. The lowest BCUT2D eigenvalue weighted by Gasteiger charge is -2.25. The van der Waals surface area contributed by atoms with Gasteiger partial charge in [-0.2, -0.15) is 0 Å². The molecule has 2 nitrogen and oxygen atoms in total. The van der Waals surface area contributed by atoms with Crippen LogP contribution in [0, 0.1) is 5.41 Å². The van der Waals surface area contributed by atoms with E-state index in [-0.39, 0.29) is 0 Å². The third kappa shape index (κ3) is 3.06. The first kappa shape index (κ1) is 12.1. The van der Waals surface area contributed by atoms with Crippen molar-refractivity contribution in [1.29, 1.82) is 0 Å². The van der Waals surface area contributed by atoms with Crippen LogP contribution in [0.3, 0.4) is 0 Å². The SMILES string of the molecule is CCN(Cc1cccs1)CC1(CCN)CC1. The van der Waals surface area contributed by atoms with E-state index >= 15 is 0 Å². The largest absolute Gasteiger partial charge is 0.330 e. The topological polar surface area (TPSA) is 29.3 Å². The summed E-state index contributed by atoms with van der Waals surface area (Å²) in [7, 11) is 0. The van der Waals surface area contributed by atoms with Crippen LogP contribution in [0.1, 0.15) is 31.1 Å². The molecule has 1 aliphatic rings. The Morgan fingerprint density at radius 3 is 2.81 bits per heavy atom. The molecule has 0 atom stereocenters. The minimum Gasteiger partial charge on any atom is -0.330 e. The minimum atomic E-state index is 0.571. The molecule has 1 saturated carbocycles. The smallest absolute Gasteiger partial charge is 0.0328 e. The quantitative estimate of drug-likeness (QED) is 0.791. The van der Waals surface area contributed by atoms with E-state index in [2.05, 4.69) is 29.3 Å². The molecule has 1 aromatic rings. The van der Waals surface area contributed by atoms with Crippen LogP contribution in [0.25, 0.3) is 0 Å². The molecular weight excluding hydrogens is 216 g/mol. The van der Waals surface area contributed by atoms with Crippen LogP contribution >= 0.6 is 11.3 Å². The normalized spacial score (nSPS) is 17.9. The Balaban J connectivity index is 1.86. The molecule has 0 unspecified atom stereocenters. The van der Waals surface area contributed by atoms with Gasteiger partial charge in [-0.25, -0.2) is 0 Å². The van der Waals surface area contributed by atoms with Crippen molar-refractivity contribution in [2.45, 2.75) is 32.7 Å². The fourth-order valence-corrected chi connectivity index (χ4v) is 3.09. The van der Waals surface area contributed by atoms with Crippen LogP contribution in [0.2, 0.25) is 0 Å². The lowest BCUT2D eigenvalue weighted by atomic mass is 10.0. The average Bonchev–Trinajstić information content (AvgIpc) is 2.84. The van der Waals surface area contributed by atoms with Crippen LogP contribution in [0.4, 0.5) is 0 Å². The van der Waals surface area contributed by atoms with Gasteiger partial charge < -0.3 is 5.73 Å². The molecule has 1 heterocycles. The first-order valence-corrected chi connectivity index (χ1v) is 7.11. The first-order valence-electron chi connectivity index (χ1n) is 6.23. The molecule has 2 N–H and O–H groups in total. The molecule has 0 spiro atoms. The Kier molecular flexibility index (Phi) is 4.00. The number of hydrogen-bond donors (Lipinski definition) is 1. The molecule has 1 aliphatic carbocycles. The van der Waals surface area contributed by atoms with E-state index in [1.807, 2.05) is 11.3 Å². The average molecular weight is 238 g/mol. The van der Waals surface area contributed by atoms with Crippen molar-refractivity contribution in [3.05, 3.63) is 22.4 Å². The molecule has 0 saturated heterocycles. The fourth-order valence-electron chi connectivity index (χ4n) is 2.35. The summed E-state index contributed by atoms with van der Waals surface area (Å²) < 4.78 is 0. The lowest BCUT2D eigenvalue weighted by molar-refractivity contribution is 0.217. The highest BCUT2D eigenvalue weighted by Gasteiger charge is 2.42. The summed E-state index contributed by atoms with van der Waals surface area (Å²) in [5.74, 6) is 0. The van der Waals surface area contributed by atoms with Gasteiger partial charge in [0.05, 0.1) is 0 Å². The van der Waals surface area contributed by atoms with E-state index in [9.17, 15) is 0 Å². The van der Waals surface area contributed by atoms with Gasteiger partial charge in [-0.1, -0.05) is 13.0 Å². The van der Waals surface area contributed by atoms with Crippen molar-refractivity contribution in [3.63, 3.8) is 0 Å². The number of nitrogens with zero attached hydrogens (tertiary/aromatic N) is 1. The van der Waals surface area contributed by atoms with Crippen LogP contribution in [-0.2, 0) is 6.54 Å². The van der Waals surface area contributed by atoms with E-state index in [0.29, 0.717) is 5.41 Å². The van der Waals surface area contributed by atoms with E-state index in [1.165, 1.54) is 30.7 Å². The van der Waals surface area contributed by atoms with Crippen molar-refractivity contribution in [1.82, 2.24) is 4.90 Å². The number of nitrogens with two attached hydrogens (primary N) is 1. The van der Waals surface area contributed by atoms with Crippen molar-refractivity contribution < 1.29 is 0 Å². The molecule has 0 aromatic carbocycles. The monoisotopic (exact) mass is 238 g/mol. The highest BCUT2D eigenvalue weighted by atomic mass is 32.1. The van der Waals surface area contributed by atoms with Gasteiger partial charge in [0.2, 0.25) is 0 Å². The second kappa shape index (κ2) is 5.30. The van der Waals surface area contributed by atoms with Gasteiger partial charge in [-0.15, -0.1) is 11.3 Å². The maximum atomic E-state index is 5.69. The van der Waals surface area contributed by atoms with Crippen LogP contribution in [-0.4, -0.2) is 24.5 Å². The molecule has 16 heavy (non-hydrogen) atoms. The van der Waals surface area contributed by atoms with Crippen LogP contribution in [0.15, 0.2) is 17.5 Å². The third-order valence-electron chi connectivity index (χ3n) is 3.60. The van der Waals surface area contributed by atoms with Gasteiger partial charge in [-0.05, 0) is 49.2 Å². The summed E-state index contributed by atoms with van der Waals surface area (Å²) in [5.41, 5.74) is 6.26. The van der Waals surface area contributed by atoms with E-state index in [0.717, 1.165) is 19.6 Å². The summed E-state index contributed by atoms with van der Waals surface area (Å²) >= 11 is 1.86. The van der Waals surface area contributed by atoms with Gasteiger partial charge in [-0.3, -0.25) is 4.90 Å². The second-order valence-electron chi connectivity index (χ2n) is 4.92. The second-order valence-corrected chi connectivity index (χ2v) is 5.95. The van der Waals surface area contributed by atoms with Gasteiger partial charge in [0.25, 0.3) is 0 Å². The van der Waals surface area contributed by atoms with Gasteiger partial charge in [0, 0.05) is 18.0 Å². The molecule has 90 valence electrons. The molecule has 0 radical (unpaired) electrons. The highest BCUT2D eigenvalue weighted by molar-refractivity contribution is 7.09. The van der Waals surface area contributed by atoms with Gasteiger partial charge in [0.1, 0.15) is 0 Å². The van der Waals surface area contributed by atoms with Crippen molar-refractivity contribution in [2.24, 2.45) is 11.1 Å². The minimum absolute atomic E-state index is 0.571. The Bertz CT molecular complexity index is 304. The zero-order chi connectivity index (χ0) is 11.4. The summed E-state index contributed by atoms with van der Waals surface area (Å²) in [6.45, 7) is 6.59. The molecule has 1 fully saturated rings. The zero-order valence-electron chi connectivity index (χ0n) is 10.1. The third-order valence-corrected chi connectivity index (χ3v) is 4.46. The Hall–Kier alpha value is -0.380. The fraction of sp³-hybridized carbons (Fsp3) is 0.692. The number of thiophene rings is 1. The van der Waals surface area contributed by atoms with Gasteiger partial charge in [0.15, 0.2) is 0 Å². The first-order chi connectivity index (χ1) is 7.78. The van der Waals surface area contributed by atoms with Crippen molar-refractivity contribution in [2.75, 3.05) is 19.6 Å². The number of rotatable bonds is 7.